The van der Waals surface area contributed by atoms with Gasteiger partial charge in [-0.15, -0.1) is 5.10 Å². The molecule has 2 fully saturated rings. The molecule has 1 amide bonds. The van der Waals surface area contributed by atoms with Crippen molar-refractivity contribution >= 4 is 11.9 Å². The summed E-state index contributed by atoms with van der Waals surface area (Å²) >= 11 is 0. The molecule has 1 aromatic heterocycles. The number of carbonyl (C=O) groups is 1. The van der Waals surface area contributed by atoms with Crippen molar-refractivity contribution in [1.29, 1.82) is 0 Å². The van der Waals surface area contributed by atoms with Crippen LogP contribution in [0.5, 0.6) is 5.75 Å². The van der Waals surface area contributed by atoms with Crippen LogP contribution in [0.4, 0.5) is 23.6 Å². The fourth-order valence-electron chi connectivity index (χ4n) is 4.29. The number of carbonyl (C=O) groups excluding carboxylic acids is 1. The number of nitrogens with one attached hydrogen (secondary N) is 2. The minimum Gasteiger partial charge on any atom is -0.497 e. The number of methoxy groups -OCH3 is 1. The number of benzene rings is 2. The Balaban J connectivity index is 1.33. The van der Waals surface area contributed by atoms with Crippen molar-refractivity contribution in [1.82, 2.24) is 15.5 Å². The Morgan fingerprint density at radius 1 is 1.00 bits per heavy atom. The molecule has 2 unspecified atom stereocenters. The van der Waals surface area contributed by atoms with Gasteiger partial charge in [0.05, 0.1) is 7.11 Å². The van der Waals surface area contributed by atoms with Gasteiger partial charge in [0.15, 0.2) is 0 Å². The van der Waals surface area contributed by atoms with Crippen molar-refractivity contribution in [3.05, 3.63) is 70.6 Å². The van der Waals surface area contributed by atoms with Gasteiger partial charge >= 0.3 is 6.01 Å². The standard InChI is InChI=1S/C22H18F4N4O3/c1-32-12-5-16(25)18(17(26)6-12)15-8-27-20(31)19(15)28-22-30-29-21(33-22)14-7-13(14)9-2-10(23)4-11(24)3-9/h2-6,13-15,19H,7-8H2,1H3,(H,27,31)(H,28,30)/t13?,14?,15-,19-/m0/s1. The van der Waals surface area contributed by atoms with E-state index in [1.165, 1.54) is 19.2 Å². The van der Waals surface area contributed by atoms with Gasteiger partial charge in [0, 0.05) is 42.1 Å². The zero-order chi connectivity index (χ0) is 23.3. The number of anilines is 1. The van der Waals surface area contributed by atoms with Crippen LogP contribution >= 0.6 is 0 Å². The summed E-state index contributed by atoms with van der Waals surface area (Å²) in [7, 11) is 1.29. The predicted octanol–water partition coefficient (Wildman–Crippen LogP) is 3.60. The normalized spacial score (nSPS) is 24.0. The molecular weight excluding hydrogens is 444 g/mol. The van der Waals surface area contributed by atoms with E-state index in [0.29, 0.717) is 12.0 Å². The van der Waals surface area contributed by atoms with Crippen LogP contribution in [0, 0.1) is 23.3 Å². The summed E-state index contributed by atoms with van der Waals surface area (Å²) in [4.78, 5) is 12.4. The van der Waals surface area contributed by atoms with E-state index < -0.39 is 41.1 Å². The van der Waals surface area contributed by atoms with Crippen LogP contribution in [0.3, 0.4) is 0 Å². The molecular formula is C22H18F4N4O3. The Morgan fingerprint density at radius 2 is 1.70 bits per heavy atom. The molecule has 0 bridgehead atoms. The van der Waals surface area contributed by atoms with Crippen LogP contribution in [0.1, 0.15) is 41.2 Å². The third kappa shape index (κ3) is 3.98. The second-order valence-electron chi connectivity index (χ2n) is 8.08. The monoisotopic (exact) mass is 462 g/mol. The lowest BCUT2D eigenvalue weighted by molar-refractivity contribution is -0.119. The fraction of sp³-hybridized carbons (Fsp3) is 0.318. The van der Waals surface area contributed by atoms with Gasteiger partial charge in [-0.1, -0.05) is 5.10 Å². The fourth-order valence-corrected chi connectivity index (χ4v) is 4.29. The van der Waals surface area contributed by atoms with Gasteiger partial charge in [-0.25, -0.2) is 17.6 Å². The smallest absolute Gasteiger partial charge is 0.316 e. The summed E-state index contributed by atoms with van der Waals surface area (Å²) in [6, 6.07) is 4.26. The van der Waals surface area contributed by atoms with Gasteiger partial charge in [-0.05, 0) is 30.0 Å². The largest absolute Gasteiger partial charge is 0.497 e. The minimum absolute atomic E-state index is 0.00744. The maximum absolute atomic E-state index is 14.6. The quantitative estimate of drug-likeness (QED) is 0.545. The first-order valence-electron chi connectivity index (χ1n) is 10.2. The molecule has 1 aliphatic heterocycles. The predicted molar refractivity (Wildman–Crippen MR) is 107 cm³/mol. The average Bonchev–Trinajstić information content (AvgIpc) is 3.30. The highest BCUT2D eigenvalue weighted by Gasteiger charge is 2.45. The molecule has 2 aromatic carbocycles. The number of nitrogens with zero attached hydrogens (tertiary/aromatic N) is 2. The molecule has 4 atom stereocenters. The van der Waals surface area contributed by atoms with Gasteiger partial charge in [0.2, 0.25) is 11.8 Å². The molecule has 1 aliphatic carbocycles. The SMILES string of the molecule is COc1cc(F)c([C@@H]2CNC(=O)[C@H]2Nc2nnc(C3CC3c3cc(F)cc(F)c3)o2)c(F)c1. The lowest BCUT2D eigenvalue weighted by Crippen LogP contribution is -2.33. The first kappa shape index (κ1) is 21.2. The summed E-state index contributed by atoms with van der Waals surface area (Å²) in [5.41, 5.74) is 0.229. The van der Waals surface area contributed by atoms with Gasteiger partial charge < -0.3 is 19.8 Å². The second kappa shape index (κ2) is 8.05. The molecule has 11 heteroatoms. The van der Waals surface area contributed by atoms with Crippen molar-refractivity contribution in [3.63, 3.8) is 0 Å². The molecule has 1 saturated heterocycles. The van der Waals surface area contributed by atoms with Gasteiger partial charge in [-0.2, -0.15) is 0 Å². The van der Waals surface area contributed by atoms with Crippen molar-refractivity contribution in [3.8, 4) is 5.75 Å². The van der Waals surface area contributed by atoms with Crippen LogP contribution in [-0.2, 0) is 4.79 Å². The maximum Gasteiger partial charge on any atom is 0.316 e. The lowest BCUT2D eigenvalue weighted by Gasteiger charge is -2.19. The van der Waals surface area contributed by atoms with E-state index in [9.17, 15) is 22.4 Å². The Bertz CT molecular complexity index is 1190. The van der Waals surface area contributed by atoms with Gasteiger partial charge in [0.1, 0.15) is 35.1 Å². The Labute approximate surface area is 185 Å². The van der Waals surface area contributed by atoms with E-state index in [2.05, 4.69) is 20.8 Å². The summed E-state index contributed by atoms with van der Waals surface area (Å²) in [5.74, 6) is -4.49. The molecule has 2 heterocycles. The van der Waals surface area contributed by atoms with Gasteiger partial charge in [-0.3, -0.25) is 4.79 Å². The number of halogens is 4. The molecule has 5 rings (SSSR count). The van der Waals surface area contributed by atoms with Crippen LogP contribution in [0.15, 0.2) is 34.7 Å². The maximum atomic E-state index is 14.6. The first-order chi connectivity index (χ1) is 15.8. The zero-order valence-corrected chi connectivity index (χ0v) is 17.2. The highest BCUT2D eigenvalue weighted by Crippen LogP contribution is 2.54. The van der Waals surface area contributed by atoms with E-state index in [-0.39, 0.29) is 41.6 Å². The lowest BCUT2D eigenvalue weighted by atomic mass is 9.93. The topological polar surface area (TPSA) is 89.3 Å². The van der Waals surface area contributed by atoms with Crippen molar-refractivity contribution < 1.29 is 31.5 Å². The van der Waals surface area contributed by atoms with Gasteiger partial charge in [0.25, 0.3) is 0 Å². The molecule has 0 spiro atoms. The number of ether oxygens (including phenoxy) is 1. The summed E-state index contributed by atoms with van der Waals surface area (Å²) in [6.45, 7) is 0.00744. The molecule has 2 aliphatic rings. The van der Waals surface area contributed by atoms with E-state index in [4.69, 9.17) is 9.15 Å². The van der Waals surface area contributed by atoms with E-state index >= 15 is 0 Å². The van der Waals surface area contributed by atoms with E-state index in [0.717, 1.165) is 18.2 Å². The van der Waals surface area contributed by atoms with Crippen molar-refractivity contribution in [2.75, 3.05) is 19.0 Å². The van der Waals surface area contributed by atoms with E-state index in [1.807, 2.05) is 0 Å². The summed E-state index contributed by atoms with van der Waals surface area (Å²) in [6.07, 6.45) is 0.569. The molecule has 1 saturated carbocycles. The second-order valence-corrected chi connectivity index (χ2v) is 8.08. The molecule has 3 aromatic rings. The Kier molecular flexibility index (Phi) is 5.18. The molecule has 0 radical (unpaired) electrons. The third-order valence-electron chi connectivity index (χ3n) is 5.98. The first-order valence-corrected chi connectivity index (χ1v) is 10.2. The number of amides is 1. The molecule has 2 N–H and O–H groups in total. The van der Waals surface area contributed by atoms with Crippen LogP contribution in [-0.4, -0.2) is 35.8 Å². The summed E-state index contributed by atoms with van der Waals surface area (Å²) < 4.78 is 66.6. The minimum atomic E-state index is -1.05. The highest BCUT2D eigenvalue weighted by molar-refractivity contribution is 5.88. The van der Waals surface area contributed by atoms with Crippen molar-refractivity contribution in [2.45, 2.75) is 30.2 Å². The van der Waals surface area contributed by atoms with Crippen LogP contribution in [0.2, 0.25) is 0 Å². The zero-order valence-electron chi connectivity index (χ0n) is 17.2. The number of hydrogen-bond donors (Lipinski definition) is 2. The number of aromatic nitrogens is 2. The molecule has 33 heavy (non-hydrogen) atoms. The number of hydrogen-bond acceptors (Lipinski definition) is 6. The third-order valence-corrected chi connectivity index (χ3v) is 5.98. The average molecular weight is 462 g/mol. The molecule has 172 valence electrons. The van der Waals surface area contributed by atoms with Crippen molar-refractivity contribution in [2.24, 2.45) is 0 Å². The van der Waals surface area contributed by atoms with Crippen LogP contribution < -0.4 is 15.4 Å². The Hall–Kier alpha value is -3.63. The highest BCUT2D eigenvalue weighted by atomic mass is 19.1. The molecule has 7 nitrogen and oxygen atoms in total. The Morgan fingerprint density at radius 3 is 2.36 bits per heavy atom. The van der Waals surface area contributed by atoms with Crippen LogP contribution in [0.25, 0.3) is 0 Å². The summed E-state index contributed by atoms with van der Waals surface area (Å²) in [5, 5.41) is 13.2. The van der Waals surface area contributed by atoms with E-state index in [1.54, 1.807) is 0 Å². The number of rotatable bonds is 6.